The van der Waals surface area contributed by atoms with Gasteiger partial charge in [-0.05, 0) is 31.5 Å². The molecule has 0 aromatic heterocycles. The fraction of sp³-hybridized carbons (Fsp3) is 0.318. The van der Waals surface area contributed by atoms with Gasteiger partial charge in [-0.15, -0.1) is 0 Å². The van der Waals surface area contributed by atoms with E-state index in [1.165, 1.54) is 55.3 Å². The first kappa shape index (κ1) is 23.4. The summed E-state index contributed by atoms with van der Waals surface area (Å²) in [4.78, 5) is 38.8. The van der Waals surface area contributed by atoms with Crippen molar-refractivity contribution in [2.75, 3.05) is 13.6 Å². The Balaban J connectivity index is 1.71. The molecule has 1 aliphatic rings. The van der Waals surface area contributed by atoms with E-state index in [0.717, 1.165) is 4.31 Å². The number of nitrogens with zero attached hydrogens (tertiary/aromatic N) is 2. The highest BCUT2D eigenvalue weighted by molar-refractivity contribution is 7.90. The summed E-state index contributed by atoms with van der Waals surface area (Å²) in [6, 6.07) is 11.0. The van der Waals surface area contributed by atoms with Crippen molar-refractivity contribution in [3.05, 3.63) is 65.5 Å². The molecule has 2 aromatic carbocycles. The van der Waals surface area contributed by atoms with Crippen molar-refractivity contribution in [1.29, 1.82) is 0 Å². The van der Waals surface area contributed by atoms with Crippen LogP contribution in [-0.4, -0.2) is 55.0 Å². The summed E-state index contributed by atoms with van der Waals surface area (Å²) in [5, 5.41) is 2.47. The third-order valence-corrected chi connectivity index (χ3v) is 7.22. The Bertz CT molecular complexity index is 1150. The number of hydrogen-bond acceptors (Lipinski definition) is 5. The van der Waals surface area contributed by atoms with Gasteiger partial charge >= 0.3 is 0 Å². The van der Waals surface area contributed by atoms with Gasteiger partial charge in [0, 0.05) is 32.1 Å². The number of nitrogens with one attached hydrogen (secondary N) is 1. The predicted octanol–water partition coefficient (Wildman–Crippen LogP) is 1.91. The highest BCUT2D eigenvalue weighted by atomic mass is 32.2. The van der Waals surface area contributed by atoms with Crippen LogP contribution >= 0.6 is 0 Å². The van der Waals surface area contributed by atoms with Crippen LogP contribution in [0.2, 0.25) is 0 Å². The normalized spacial score (nSPS) is 15.2. The van der Waals surface area contributed by atoms with Gasteiger partial charge in [0.25, 0.3) is 15.9 Å². The van der Waals surface area contributed by atoms with Gasteiger partial charge in [0.1, 0.15) is 16.8 Å². The van der Waals surface area contributed by atoms with Gasteiger partial charge in [-0.25, -0.2) is 17.1 Å². The van der Waals surface area contributed by atoms with Gasteiger partial charge in [-0.1, -0.05) is 30.3 Å². The van der Waals surface area contributed by atoms with Crippen LogP contribution in [0.1, 0.15) is 35.7 Å². The van der Waals surface area contributed by atoms with E-state index in [1.54, 1.807) is 12.1 Å². The van der Waals surface area contributed by atoms with Gasteiger partial charge in [-0.2, -0.15) is 0 Å². The molecule has 32 heavy (non-hydrogen) atoms. The first-order valence-corrected chi connectivity index (χ1v) is 11.5. The topological polar surface area (TPSA) is 104 Å². The highest BCUT2D eigenvalue weighted by Crippen LogP contribution is 2.30. The average Bonchev–Trinajstić information content (AvgIpc) is 2.98. The highest BCUT2D eigenvalue weighted by Gasteiger charge is 2.40. The number of benzene rings is 2. The van der Waals surface area contributed by atoms with Crippen molar-refractivity contribution in [1.82, 2.24) is 14.5 Å². The van der Waals surface area contributed by atoms with E-state index in [0.29, 0.717) is 0 Å². The Morgan fingerprint density at radius 3 is 2.44 bits per heavy atom. The molecule has 3 amide bonds. The summed E-state index contributed by atoms with van der Waals surface area (Å²) in [5.74, 6) is -2.00. The lowest BCUT2D eigenvalue weighted by Gasteiger charge is -2.28. The Labute approximate surface area is 186 Å². The first-order valence-electron chi connectivity index (χ1n) is 10.1. The van der Waals surface area contributed by atoms with Crippen molar-refractivity contribution in [3.63, 3.8) is 0 Å². The van der Waals surface area contributed by atoms with Crippen molar-refractivity contribution < 1.29 is 27.2 Å². The Kier molecular flexibility index (Phi) is 6.93. The maximum Gasteiger partial charge on any atom is 0.269 e. The summed E-state index contributed by atoms with van der Waals surface area (Å²) in [6.07, 6.45) is -0.0581. The van der Waals surface area contributed by atoms with Crippen molar-refractivity contribution >= 4 is 27.7 Å². The molecule has 0 bridgehead atoms. The van der Waals surface area contributed by atoms with E-state index in [9.17, 15) is 27.2 Å². The number of carbonyl (C=O) groups is 3. The molecule has 170 valence electrons. The minimum absolute atomic E-state index is 0.0502. The first-order chi connectivity index (χ1) is 15.2. The van der Waals surface area contributed by atoms with Crippen LogP contribution in [-0.2, 0) is 26.2 Å². The summed E-state index contributed by atoms with van der Waals surface area (Å²) in [5.41, 5.74) is 0.359. The summed E-state index contributed by atoms with van der Waals surface area (Å²) in [7, 11) is -2.52. The lowest BCUT2D eigenvalue weighted by Crippen LogP contribution is -2.47. The van der Waals surface area contributed by atoms with Gasteiger partial charge in [0.15, 0.2) is 0 Å². The second-order valence-electron chi connectivity index (χ2n) is 7.39. The van der Waals surface area contributed by atoms with Crippen LogP contribution in [0.3, 0.4) is 0 Å². The predicted molar refractivity (Wildman–Crippen MR) is 114 cm³/mol. The monoisotopic (exact) mass is 461 g/mol. The van der Waals surface area contributed by atoms with Crippen molar-refractivity contribution in [3.8, 4) is 0 Å². The number of carbonyl (C=O) groups excluding carboxylic acids is 3. The van der Waals surface area contributed by atoms with Crippen molar-refractivity contribution in [2.45, 2.75) is 37.2 Å². The van der Waals surface area contributed by atoms with E-state index in [2.05, 4.69) is 5.32 Å². The van der Waals surface area contributed by atoms with E-state index >= 15 is 0 Å². The van der Waals surface area contributed by atoms with Crippen molar-refractivity contribution in [2.24, 2.45) is 0 Å². The molecular formula is C22H24FN3O5S. The minimum atomic E-state index is -3.96. The number of fused-ring (bicyclic) bond motifs is 1. The number of halogens is 1. The molecule has 2 aromatic rings. The fourth-order valence-corrected chi connectivity index (χ4v) is 5.18. The molecule has 1 atom stereocenters. The smallest absolute Gasteiger partial charge is 0.269 e. The van der Waals surface area contributed by atoms with E-state index in [1.807, 2.05) is 0 Å². The van der Waals surface area contributed by atoms with Crippen LogP contribution in [0, 0.1) is 5.82 Å². The second-order valence-corrected chi connectivity index (χ2v) is 9.22. The summed E-state index contributed by atoms with van der Waals surface area (Å²) < 4.78 is 40.2. The second kappa shape index (κ2) is 9.47. The molecule has 0 fully saturated rings. The number of likely N-dealkylation sites (N-methyl/N-ethyl adjacent to an activating group) is 1. The SMILES string of the molecule is CNC(=O)C(C)N(Cc1ccccc1F)C(=O)CCCN1C(=O)c2ccccc2S1(=O)=O. The lowest BCUT2D eigenvalue weighted by molar-refractivity contribution is -0.140. The minimum Gasteiger partial charge on any atom is -0.357 e. The molecule has 10 heteroatoms. The maximum absolute atomic E-state index is 14.1. The molecule has 0 radical (unpaired) electrons. The van der Waals surface area contributed by atoms with Gasteiger partial charge in [0.2, 0.25) is 11.8 Å². The number of hydrogen-bond donors (Lipinski definition) is 1. The van der Waals surface area contributed by atoms with Gasteiger partial charge in [0.05, 0.1) is 5.56 Å². The molecular weight excluding hydrogens is 437 g/mol. The molecule has 1 aliphatic heterocycles. The van der Waals surface area contributed by atoms with Crippen LogP contribution < -0.4 is 5.32 Å². The third kappa shape index (κ3) is 4.50. The number of rotatable bonds is 8. The molecule has 1 heterocycles. The van der Waals surface area contributed by atoms with Crippen LogP contribution in [0.25, 0.3) is 0 Å². The van der Waals surface area contributed by atoms with Gasteiger partial charge in [-0.3, -0.25) is 14.4 Å². The zero-order valence-electron chi connectivity index (χ0n) is 17.7. The quantitative estimate of drug-likeness (QED) is 0.647. The van der Waals surface area contributed by atoms with Crippen LogP contribution in [0.15, 0.2) is 53.4 Å². The molecule has 3 rings (SSSR count). The molecule has 0 saturated carbocycles. The Hall–Kier alpha value is -3.27. The molecule has 0 saturated heterocycles. The van der Waals surface area contributed by atoms with Gasteiger partial charge < -0.3 is 10.2 Å². The molecule has 1 unspecified atom stereocenters. The standard InChI is InChI=1S/C22H24FN3O5S/c1-15(21(28)24-2)25(14-16-8-3-5-10-18(16)23)20(27)12-7-13-26-22(29)17-9-4-6-11-19(17)32(26,30)31/h3-6,8-11,15H,7,12-14H2,1-2H3,(H,24,28). The third-order valence-electron chi connectivity index (χ3n) is 5.38. The maximum atomic E-state index is 14.1. The molecule has 0 aliphatic carbocycles. The van der Waals surface area contributed by atoms with Crippen LogP contribution in [0.5, 0.6) is 0 Å². The number of sulfonamides is 1. The molecule has 0 spiro atoms. The zero-order chi connectivity index (χ0) is 23.5. The largest absolute Gasteiger partial charge is 0.357 e. The summed E-state index contributed by atoms with van der Waals surface area (Å²) in [6.45, 7) is 1.23. The van der Waals surface area contributed by atoms with E-state index in [-0.39, 0.29) is 42.0 Å². The van der Waals surface area contributed by atoms with E-state index in [4.69, 9.17) is 0 Å². The fourth-order valence-electron chi connectivity index (χ4n) is 3.57. The molecule has 8 nitrogen and oxygen atoms in total. The average molecular weight is 462 g/mol. The van der Waals surface area contributed by atoms with E-state index < -0.39 is 39.6 Å². The zero-order valence-corrected chi connectivity index (χ0v) is 18.6. The lowest BCUT2D eigenvalue weighted by atomic mass is 10.1. The van der Waals surface area contributed by atoms with Crippen LogP contribution in [0.4, 0.5) is 4.39 Å². The summed E-state index contributed by atoms with van der Waals surface area (Å²) >= 11 is 0. The molecule has 1 N–H and O–H groups in total. The number of amides is 3. The Morgan fingerprint density at radius 1 is 1.12 bits per heavy atom. The Morgan fingerprint density at radius 2 is 1.78 bits per heavy atom.